The predicted octanol–water partition coefficient (Wildman–Crippen LogP) is 4.70. The third-order valence-corrected chi connectivity index (χ3v) is 4.10. The van der Waals surface area contributed by atoms with Crippen LogP contribution < -0.4 is 0 Å². The number of aryl methyl sites for hydroxylation is 1. The Hall–Kier alpha value is -0.640. The van der Waals surface area contributed by atoms with Gasteiger partial charge in [-0.15, -0.1) is 11.3 Å². The van der Waals surface area contributed by atoms with E-state index in [2.05, 4.69) is 15.9 Å². The van der Waals surface area contributed by atoms with E-state index in [1.165, 1.54) is 11.3 Å². The van der Waals surface area contributed by atoms with E-state index in [1.54, 1.807) is 6.07 Å². The Kier molecular flexibility index (Phi) is 3.47. The first-order chi connectivity index (χ1) is 7.59. The molecule has 1 heterocycles. The standard InChI is InChI=1S/C12H8BrClOS/c1-7-2-3-8(13)6-9(7)11(15)12-10(14)4-5-16-12/h2-6H,1H3. The van der Waals surface area contributed by atoms with Crippen LogP contribution >= 0.6 is 38.9 Å². The first kappa shape index (κ1) is 11.8. The van der Waals surface area contributed by atoms with E-state index in [9.17, 15) is 4.79 Å². The molecule has 0 saturated heterocycles. The second-order valence-electron chi connectivity index (χ2n) is 3.39. The van der Waals surface area contributed by atoms with E-state index < -0.39 is 0 Å². The molecule has 0 saturated carbocycles. The van der Waals surface area contributed by atoms with Crippen molar-refractivity contribution in [2.24, 2.45) is 0 Å². The summed E-state index contributed by atoms with van der Waals surface area (Å²) in [6, 6.07) is 7.40. The van der Waals surface area contributed by atoms with Crippen LogP contribution in [0, 0.1) is 6.92 Å². The lowest BCUT2D eigenvalue weighted by atomic mass is 10.0. The SMILES string of the molecule is Cc1ccc(Br)cc1C(=O)c1sccc1Cl. The van der Waals surface area contributed by atoms with Crippen LogP contribution in [-0.2, 0) is 0 Å². The molecule has 16 heavy (non-hydrogen) atoms. The van der Waals surface area contributed by atoms with Gasteiger partial charge in [-0.2, -0.15) is 0 Å². The minimum absolute atomic E-state index is 0.0150. The van der Waals surface area contributed by atoms with E-state index >= 15 is 0 Å². The second-order valence-corrected chi connectivity index (χ2v) is 5.63. The average Bonchev–Trinajstić information content (AvgIpc) is 2.67. The van der Waals surface area contributed by atoms with Crippen LogP contribution in [0.3, 0.4) is 0 Å². The highest BCUT2D eigenvalue weighted by Crippen LogP contribution is 2.27. The molecule has 0 radical (unpaired) electrons. The second kappa shape index (κ2) is 4.70. The molecule has 0 bridgehead atoms. The number of hydrogen-bond acceptors (Lipinski definition) is 2. The Morgan fingerprint density at radius 2 is 2.12 bits per heavy atom. The zero-order chi connectivity index (χ0) is 11.7. The molecule has 1 aromatic carbocycles. The van der Waals surface area contributed by atoms with Gasteiger partial charge in [0.15, 0.2) is 0 Å². The van der Waals surface area contributed by atoms with Crippen molar-refractivity contribution in [3.8, 4) is 0 Å². The predicted molar refractivity (Wildman–Crippen MR) is 71.6 cm³/mol. The van der Waals surface area contributed by atoms with Crippen molar-refractivity contribution in [2.75, 3.05) is 0 Å². The highest BCUT2D eigenvalue weighted by Gasteiger charge is 2.16. The van der Waals surface area contributed by atoms with Crippen molar-refractivity contribution in [2.45, 2.75) is 6.92 Å². The van der Waals surface area contributed by atoms with Crippen LogP contribution in [0.1, 0.15) is 20.8 Å². The molecule has 0 amide bonds. The Morgan fingerprint density at radius 1 is 1.38 bits per heavy atom. The van der Waals surface area contributed by atoms with Crippen LogP contribution in [0.5, 0.6) is 0 Å². The van der Waals surface area contributed by atoms with E-state index in [1.807, 2.05) is 30.5 Å². The highest BCUT2D eigenvalue weighted by molar-refractivity contribution is 9.10. The van der Waals surface area contributed by atoms with Gasteiger partial charge in [0.05, 0.1) is 9.90 Å². The van der Waals surface area contributed by atoms with Crippen molar-refractivity contribution < 1.29 is 4.79 Å². The van der Waals surface area contributed by atoms with Gasteiger partial charge < -0.3 is 0 Å². The summed E-state index contributed by atoms with van der Waals surface area (Å²) in [5.41, 5.74) is 1.65. The first-order valence-corrected chi connectivity index (χ1v) is 6.68. The summed E-state index contributed by atoms with van der Waals surface area (Å²) in [6.45, 7) is 1.92. The zero-order valence-corrected chi connectivity index (χ0v) is 11.6. The number of ketones is 1. The third kappa shape index (κ3) is 2.21. The molecule has 2 rings (SSSR count). The fraction of sp³-hybridized carbons (Fsp3) is 0.0833. The summed E-state index contributed by atoms with van der Waals surface area (Å²) in [4.78, 5) is 12.8. The van der Waals surface area contributed by atoms with Gasteiger partial charge in [-0.1, -0.05) is 33.6 Å². The molecule has 0 atom stereocenters. The fourth-order valence-electron chi connectivity index (χ4n) is 1.42. The molecule has 4 heteroatoms. The summed E-state index contributed by atoms with van der Waals surface area (Å²) >= 11 is 10.7. The number of carbonyl (C=O) groups is 1. The number of halogens is 2. The molecule has 0 N–H and O–H groups in total. The monoisotopic (exact) mass is 314 g/mol. The lowest BCUT2D eigenvalue weighted by molar-refractivity contribution is 0.104. The average molecular weight is 316 g/mol. The van der Waals surface area contributed by atoms with Crippen molar-refractivity contribution in [1.82, 2.24) is 0 Å². The van der Waals surface area contributed by atoms with Gasteiger partial charge >= 0.3 is 0 Å². The maximum absolute atomic E-state index is 12.2. The molecule has 0 aliphatic rings. The number of hydrogen-bond donors (Lipinski definition) is 0. The van der Waals surface area contributed by atoms with Gasteiger partial charge in [-0.3, -0.25) is 4.79 Å². The summed E-state index contributed by atoms with van der Waals surface area (Å²) in [5.74, 6) is -0.0150. The minimum Gasteiger partial charge on any atom is -0.288 e. The maximum Gasteiger partial charge on any atom is 0.204 e. The van der Waals surface area contributed by atoms with Crippen LogP contribution in [0.15, 0.2) is 34.1 Å². The van der Waals surface area contributed by atoms with Crippen molar-refractivity contribution >= 4 is 44.7 Å². The lowest BCUT2D eigenvalue weighted by Crippen LogP contribution is -2.02. The summed E-state index contributed by atoms with van der Waals surface area (Å²) in [6.07, 6.45) is 0. The van der Waals surface area contributed by atoms with E-state index in [0.29, 0.717) is 15.5 Å². The van der Waals surface area contributed by atoms with E-state index in [-0.39, 0.29) is 5.78 Å². The van der Waals surface area contributed by atoms with Gasteiger partial charge in [-0.25, -0.2) is 0 Å². The molecule has 0 unspecified atom stereocenters. The summed E-state index contributed by atoms with van der Waals surface area (Å²) in [7, 11) is 0. The molecule has 1 aromatic heterocycles. The zero-order valence-electron chi connectivity index (χ0n) is 8.46. The molecular formula is C12H8BrClOS. The molecule has 2 aromatic rings. The van der Waals surface area contributed by atoms with Crippen molar-refractivity contribution in [3.63, 3.8) is 0 Å². The van der Waals surface area contributed by atoms with Gasteiger partial charge in [-0.05, 0) is 36.1 Å². The first-order valence-electron chi connectivity index (χ1n) is 4.63. The van der Waals surface area contributed by atoms with Gasteiger partial charge in [0.1, 0.15) is 0 Å². The van der Waals surface area contributed by atoms with Crippen LogP contribution in [-0.4, -0.2) is 5.78 Å². The molecule has 82 valence electrons. The normalized spacial score (nSPS) is 10.4. The molecule has 0 aliphatic carbocycles. The molecule has 0 spiro atoms. The third-order valence-electron chi connectivity index (χ3n) is 2.27. The van der Waals surface area contributed by atoms with Gasteiger partial charge in [0.2, 0.25) is 5.78 Å². The largest absolute Gasteiger partial charge is 0.288 e. The molecular weight excluding hydrogens is 308 g/mol. The lowest BCUT2D eigenvalue weighted by Gasteiger charge is -2.04. The maximum atomic E-state index is 12.2. The smallest absolute Gasteiger partial charge is 0.204 e. The fourth-order valence-corrected chi connectivity index (χ4v) is 2.87. The number of thiophene rings is 1. The molecule has 0 aliphatic heterocycles. The van der Waals surface area contributed by atoms with Crippen LogP contribution in [0.25, 0.3) is 0 Å². The summed E-state index contributed by atoms with van der Waals surface area (Å²) in [5, 5.41) is 2.34. The van der Waals surface area contributed by atoms with Gasteiger partial charge in [0.25, 0.3) is 0 Å². The Morgan fingerprint density at radius 3 is 2.75 bits per heavy atom. The number of rotatable bonds is 2. The van der Waals surface area contributed by atoms with Crippen molar-refractivity contribution in [3.05, 3.63) is 55.1 Å². The molecule has 1 nitrogen and oxygen atoms in total. The Balaban J connectivity index is 2.49. The minimum atomic E-state index is -0.0150. The van der Waals surface area contributed by atoms with E-state index in [4.69, 9.17) is 11.6 Å². The number of benzene rings is 1. The quantitative estimate of drug-likeness (QED) is 0.734. The summed E-state index contributed by atoms with van der Waals surface area (Å²) < 4.78 is 0.897. The topological polar surface area (TPSA) is 17.1 Å². The highest BCUT2D eigenvalue weighted by atomic mass is 79.9. The Bertz CT molecular complexity index is 548. The van der Waals surface area contributed by atoms with Crippen molar-refractivity contribution in [1.29, 1.82) is 0 Å². The Labute approximate surface area is 111 Å². The van der Waals surface area contributed by atoms with Crippen LogP contribution in [0.4, 0.5) is 0 Å². The van der Waals surface area contributed by atoms with Crippen LogP contribution in [0.2, 0.25) is 5.02 Å². The molecule has 0 fully saturated rings. The van der Waals surface area contributed by atoms with Gasteiger partial charge in [0, 0.05) is 10.0 Å². The number of carbonyl (C=O) groups excluding carboxylic acids is 1. The van der Waals surface area contributed by atoms with E-state index in [0.717, 1.165) is 10.0 Å².